The maximum absolute atomic E-state index is 12.4. The summed E-state index contributed by atoms with van der Waals surface area (Å²) in [4.78, 5) is 0. The number of halogens is 3. The van der Waals surface area contributed by atoms with Gasteiger partial charge in [-0.25, -0.2) is 0 Å². The molecule has 0 heterocycles. The molecule has 1 rings (SSSR count). The van der Waals surface area contributed by atoms with E-state index in [-0.39, 0.29) is 19.4 Å². The number of hydrogen-bond acceptors (Lipinski definition) is 1. The summed E-state index contributed by atoms with van der Waals surface area (Å²) < 4.78 is 37.1. The summed E-state index contributed by atoms with van der Waals surface area (Å²) in [6.07, 6.45) is -2.98. The summed E-state index contributed by atoms with van der Waals surface area (Å²) in [6.45, 7) is 5.82. The highest BCUT2D eigenvalue weighted by atomic mass is 19.4. The van der Waals surface area contributed by atoms with Crippen molar-refractivity contribution in [3.05, 3.63) is 12.2 Å². The Labute approximate surface area is 76.0 Å². The van der Waals surface area contributed by atoms with Crippen LogP contribution < -0.4 is 5.32 Å². The van der Waals surface area contributed by atoms with Gasteiger partial charge in [0.05, 0.1) is 0 Å². The van der Waals surface area contributed by atoms with Gasteiger partial charge in [0.25, 0.3) is 0 Å². The van der Waals surface area contributed by atoms with Crippen LogP contribution in [-0.2, 0) is 0 Å². The smallest absolute Gasteiger partial charge is 0.300 e. The Hall–Kier alpha value is -0.510. The van der Waals surface area contributed by atoms with Crippen LogP contribution in [0.3, 0.4) is 0 Å². The maximum Gasteiger partial charge on any atom is 0.406 e. The summed E-state index contributed by atoms with van der Waals surface area (Å²) in [5.41, 5.74) is -0.777. The number of nitrogens with one attached hydrogen (secondary N) is 1. The second-order valence-electron chi connectivity index (χ2n) is 3.54. The minimum absolute atomic E-state index is 0.202. The third kappa shape index (κ3) is 2.24. The molecule has 13 heavy (non-hydrogen) atoms. The molecule has 1 fully saturated rings. The van der Waals surface area contributed by atoms with Gasteiger partial charge in [0.1, 0.15) is 5.54 Å². The molecule has 0 aliphatic heterocycles. The molecule has 1 N–H and O–H groups in total. The van der Waals surface area contributed by atoms with Crippen LogP contribution in [0.1, 0.15) is 26.2 Å². The second kappa shape index (κ2) is 3.33. The van der Waals surface area contributed by atoms with Crippen molar-refractivity contribution < 1.29 is 13.2 Å². The average Bonchev–Trinajstić information content (AvgIpc) is 2.79. The lowest BCUT2D eigenvalue weighted by molar-refractivity contribution is -0.165. The molecule has 0 radical (unpaired) electrons. The van der Waals surface area contributed by atoms with Crippen molar-refractivity contribution in [1.29, 1.82) is 0 Å². The molecule has 0 bridgehead atoms. The third-order valence-electron chi connectivity index (χ3n) is 2.47. The van der Waals surface area contributed by atoms with Gasteiger partial charge < -0.3 is 0 Å². The zero-order chi connectivity index (χ0) is 10.1. The van der Waals surface area contributed by atoms with Gasteiger partial charge in [-0.05, 0) is 19.3 Å². The van der Waals surface area contributed by atoms with Crippen molar-refractivity contribution >= 4 is 0 Å². The highest BCUT2D eigenvalue weighted by molar-refractivity contribution is 5.10. The first-order valence-corrected chi connectivity index (χ1v) is 4.40. The minimum Gasteiger partial charge on any atom is -0.300 e. The normalized spacial score (nSPS) is 20.0. The summed E-state index contributed by atoms with van der Waals surface area (Å²) >= 11 is 0. The monoisotopic (exact) mass is 193 g/mol. The van der Waals surface area contributed by atoms with E-state index in [2.05, 4.69) is 11.9 Å². The molecular formula is C9H14F3N. The van der Waals surface area contributed by atoms with Crippen LogP contribution in [0.2, 0.25) is 0 Å². The molecular weight excluding hydrogens is 179 g/mol. The van der Waals surface area contributed by atoms with Gasteiger partial charge in [0, 0.05) is 6.54 Å². The molecule has 0 saturated heterocycles. The summed E-state index contributed by atoms with van der Waals surface area (Å²) in [6, 6.07) is 0. The third-order valence-corrected chi connectivity index (χ3v) is 2.47. The largest absolute Gasteiger partial charge is 0.406 e. The first-order valence-electron chi connectivity index (χ1n) is 4.40. The molecule has 1 saturated carbocycles. The van der Waals surface area contributed by atoms with E-state index in [0.717, 1.165) is 12.0 Å². The van der Waals surface area contributed by atoms with Gasteiger partial charge in [-0.2, -0.15) is 13.2 Å². The Morgan fingerprint density at radius 2 is 2.00 bits per heavy atom. The van der Waals surface area contributed by atoms with Crippen molar-refractivity contribution in [2.75, 3.05) is 6.54 Å². The van der Waals surface area contributed by atoms with E-state index >= 15 is 0 Å². The van der Waals surface area contributed by atoms with Gasteiger partial charge in [-0.3, -0.25) is 5.32 Å². The number of alkyl halides is 3. The molecule has 4 heteroatoms. The molecule has 76 valence electrons. The zero-order valence-electron chi connectivity index (χ0n) is 7.67. The van der Waals surface area contributed by atoms with Gasteiger partial charge in [-0.15, -0.1) is 0 Å². The molecule has 0 atom stereocenters. The first kappa shape index (κ1) is 10.6. The molecule has 1 nitrogen and oxygen atoms in total. The van der Waals surface area contributed by atoms with E-state index in [9.17, 15) is 13.2 Å². The summed E-state index contributed by atoms with van der Waals surface area (Å²) in [5.74, 6) is 0. The Morgan fingerprint density at radius 1 is 1.46 bits per heavy atom. The maximum atomic E-state index is 12.4. The quantitative estimate of drug-likeness (QED) is 0.677. The molecule has 0 unspecified atom stereocenters. The fourth-order valence-electron chi connectivity index (χ4n) is 1.10. The van der Waals surface area contributed by atoms with Crippen LogP contribution in [0.5, 0.6) is 0 Å². The van der Waals surface area contributed by atoms with E-state index in [4.69, 9.17) is 0 Å². The molecule has 0 spiro atoms. The van der Waals surface area contributed by atoms with Crippen molar-refractivity contribution in [2.45, 2.75) is 37.9 Å². The van der Waals surface area contributed by atoms with E-state index < -0.39 is 11.7 Å². The van der Waals surface area contributed by atoms with E-state index in [1.54, 1.807) is 0 Å². The lowest BCUT2D eigenvalue weighted by Crippen LogP contribution is -2.45. The van der Waals surface area contributed by atoms with Gasteiger partial charge in [-0.1, -0.05) is 19.1 Å². The average molecular weight is 193 g/mol. The Kier molecular flexibility index (Phi) is 2.71. The lowest BCUT2D eigenvalue weighted by atomic mass is 10.2. The van der Waals surface area contributed by atoms with Crippen molar-refractivity contribution in [2.24, 2.45) is 0 Å². The summed E-state index contributed by atoms with van der Waals surface area (Å²) in [7, 11) is 0. The topological polar surface area (TPSA) is 12.0 Å². The Balaban J connectivity index is 2.41. The van der Waals surface area contributed by atoms with Crippen LogP contribution >= 0.6 is 0 Å². The van der Waals surface area contributed by atoms with Crippen LogP contribution in [0.15, 0.2) is 12.2 Å². The highest BCUT2D eigenvalue weighted by Gasteiger charge is 2.62. The Bertz CT molecular complexity index is 203. The fourth-order valence-corrected chi connectivity index (χ4v) is 1.10. The minimum atomic E-state index is -4.11. The molecule has 0 amide bonds. The molecule has 0 aromatic carbocycles. The SMILES string of the molecule is C=C(CC)CNC1(C(F)(F)F)CC1. The predicted octanol–water partition coefficient (Wildman–Crippen LogP) is 2.64. The molecule has 1 aliphatic carbocycles. The van der Waals surface area contributed by atoms with E-state index in [1.165, 1.54) is 0 Å². The summed E-state index contributed by atoms with van der Waals surface area (Å²) in [5, 5.41) is 2.54. The molecule has 1 aliphatic rings. The predicted molar refractivity (Wildman–Crippen MR) is 45.5 cm³/mol. The van der Waals surface area contributed by atoms with Crippen LogP contribution in [0, 0.1) is 0 Å². The van der Waals surface area contributed by atoms with Gasteiger partial charge in [0.2, 0.25) is 0 Å². The fraction of sp³-hybridized carbons (Fsp3) is 0.778. The molecule has 0 aromatic heterocycles. The molecule has 0 aromatic rings. The van der Waals surface area contributed by atoms with Gasteiger partial charge in [0.15, 0.2) is 0 Å². The Morgan fingerprint density at radius 3 is 2.31 bits per heavy atom. The van der Waals surface area contributed by atoms with Crippen LogP contribution in [-0.4, -0.2) is 18.3 Å². The van der Waals surface area contributed by atoms with Crippen molar-refractivity contribution in [3.8, 4) is 0 Å². The van der Waals surface area contributed by atoms with E-state index in [1.807, 2.05) is 6.92 Å². The van der Waals surface area contributed by atoms with Crippen LogP contribution in [0.25, 0.3) is 0 Å². The number of hydrogen-bond donors (Lipinski definition) is 1. The second-order valence-corrected chi connectivity index (χ2v) is 3.54. The van der Waals surface area contributed by atoms with E-state index in [0.29, 0.717) is 0 Å². The standard InChI is InChI=1S/C9H14F3N/c1-3-7(2)6-13-8(4-5-8)9(10,11)12/h13H,2-6H2,1H3. The highest BCUT2D eigenvalue weighted by Crippen LogP contribution is 2.48. The zero-order valence-corrected chi connectivity index (χ0v) is 7.67. The lowest BCUT2D eigenvalue weighted by Gasteiger charge is -2.21. The van der Waals surface area contributed by atoms with Crippen molar-refractivity contribution in [1.82, 2.24) is 5.32 Å². The van der Waals surface area contributed by atoms with Crippen LogP contribution in [0.4, 0.5) is 13.2 Å². The van der Waals surface area contributed by atoms with Crippen molar-refractivity contribution in [3.63, 3.8) is 0 Å². The van der Waals surface area contributed by atoms with Gasteiger partial charge >= 0.3 is 6.18 Å². The first-order chi connectivity index (χ1) is 5.91. The number of rotatable bonds is 4.